The van der Waals surface area contributed by atoms with Gasteiger partial charge in [0, 0.05) is 23.1 Å². The molecule has 1 amide bonds. The molecule has 3 aromatic rings. The molecule has 30 heavy (non-hydrogen) atoms. The number of aromatic nitrogens is 1. The Labute approximate surface area is 179 Å². The van der Waals surface area contributed by atoms with E-state index in [9.17, 15) is 9.59 Å². The average molecular weight is 425 g/mol. The summed E-state index contributed by atoms with van der Waals surface area (Å²) in [5, 5.41) is 14.1. The minimum Gasteiger partial charge on any atom is -0.491 e. The van der Waals surface area contributed by atoms with Gasteiger partial charge in [-0.2, -0.15) is 0 Å². The quantitative estimate of drug-likeness (QED) is 0.489. The molecule has 2 aromatic carbocycles. The summed E-state index contributed by atoms with van der Waals surface area (Å²) >= 11 is 1.41. The zero-order valence-corrected chi connectivity index (χ0v) is 17.7. The number of nitrogens with zero attached hydrogens (tertiary/aromatic N) is 1. The highest BCUT2D eigenvalue weighted by Gasteiger charge is 2.13. The van der Waals surface area contributed by atoms with Gasteiger partial charge in [0.1, 0.15) is 16.5 Å². The minimum absolute atomic E-state index is 0.0814. The molecule has 0 radical (unpaired) electrons. The summed E-state index contributed by atoms with van der Waals surface area (Å²) in [6.45, 7) is 4.11. The molecule has 0 fully saturated rings. The van der Waals surface area contributed by atoms with E-state index in [1.165, 1.54) is 11.3 Å². The highest BCUT2D eigenvalue weighted by atomic mass is 32.1. The smallest absolute Gasteiger partial charge is 0.303 e. The van der Waals surface area contributed by atoms with Crippen LogP contribution < -0.4 is 10.1 Å². The number of aliphatic carboxylic acids is 1. The van der Waals surface area contributed by atoms with E-state index >= 15 is 0 Å². The van der Waals surface area contributed by atoms with Crippen LogP contribution in [0.15, 0.2) is 53.9 Å². The van der Waals surface area contributed by atoms with Gasteiger partial charge in [-0.3, -0.25) is 9.59 Å². The third-order valence-electron chi connectivity index (χ3n) is 4.59. The Morgan fingerprint density at radius 3 is 2.47 bits per heavy atom. The summed E-state index contributed by atoms with van der Waals surface area (Å²) in [5.41, 5.74) is 2.83. The first kappa shape index (κ1) is 21.5. The highest BCUT2D eigenvalue weighted by Crippen LogP contribution is 2.26. The van der Waals surface area contributed by atoms with E-state index in [4.69, 9.17) is 9.84 Å². The molecule has 0 saturated heterocycles. The molecule has 3 rings (SSSR count). The highest BCUT2D eigenvalue weighted by molar-refractivity contribution is 7.13. The number of hydrogen-bond acceptors (Lipinski definition) is 5. The van der Waals surface area contributed by atoms with Crippen LogP contribution in [0.5, 0.6) is 5.75 Å². The van der Waals surface area contributed by atoms with Gasteiger partial charge >= 0.3 is 5.97 Å². The lowest BCUT2D eigenvalue weighted by molar-refractivity contribution is -0.136. The molecule has 7 heteroatoms. The number of ether oxygens (including phenoxy) is 1. The van der Waals surface area contributed by atoms with Crippen LogP contribution >= 0.6 is 11.3 Å². The summed E-state index contributed by atoms with van der Waals surface area (Å²) in [5.74, 6) is -0.300. The summed E-state index contributed by atoms with van der Waals surface area (Å²) in [6, 6.07) is 14.9. The van der Waals surface area contributed by atoms with Gasteiger partial charge in [-0.15, -0.1) is 11.3 Å². The maximum atomic E-state index is 12.5. The molecule has 0 aliphatic carbocycles. The number of amides is 1. The lowest BCUT2D eigenvalue weighted by Crippen LogP contribution is -2.12. The monoisotopic (exact) mass is 424 g/mol. The van der Waals surface area contributed by atoms with Crippen molar-refractivity contribution in [3.63, 3.8) is 0 Å². The molecule has 2 N–H and O–H groups in total. The van der Waals surface area contributed by atoms with Crippen molar-refractivity contribution in [3.8, 4) is 16.3 Å². The maximum absolute atomic E-state index is 12.5. The lowest BCUT2D eigenvalue weighted by Gasteiger charge is -2.12. The molecule has 1 atom stereocenters. The van der Waals surface area contributed by atoms with Gasteiger partial charge in [0.05, 0.1) is 6.10 Å². The van der Waals surface area contributed by atoms with Gasteiger partial charge in [-0.05, 0) is 61.7 Å². The predicted molar refractivity (Wildman–Crippen MR) is 118 cm³/mol. The van der Waals surface area contributed by atoms with Crippen LogP contribution in [0, 0.1) is 0 Å². The topological polar surface area (TPSA) is 88.5 Å². The fourth-order valence-electron chi connectivity index (χ4n) is 2.70. The van der Waals surface area contributed by atoms with Crippen LogP contribution in [-0.4, -0.2) is 28.1 Å². The van der Waals surface area contributed by atoms with E-state index in [0.29, 0.717) is 17.8 Å². The molecule has 6 nitrogen and oxygen atoms in total. The Bertz CT molecular complexity index is 997. The van der Waals surface area contributed by atoms with Gasteiger partial charge < -0.3 is 15.2 Å². The second-order valence-corrected chi connectivity index (χ2v) is 7.80. The number of carbonyl (C=O) groups excluding carboxylic acids is 1. The molecule has 156 valence electrons. The van der Waals surface area contributed by atoms with Crippen molar-refractivity contribution >= 4 is 28.9 Å². The Morgan fingerprint density at radius 1 is 1.13 bits per heavy atom. The molecule has 1 heterocycles. The largest absolute Gasteiger partial charge is 0.491 e. The van der Waals surface area contributed by atoms with Crippen molar-refractivity contribution in [3.05, 3.63) is 65.2 Å². The Balaban J connectivity index is 1.61. The van der Waals surface area contributed by atoms with E-state index in [1.54, 1.807) is 17.5 Å². The number of nitrogens with one attached hydrogen (secondary N) is 1. The van der Waals surface area contributed by atoms with Gasteiger partial charge in [0.15, 0.2) is 0 Å². The maximum Gasteiger partial charge on any atom is 0.303 e. The SMILES string of the molecule is CCC(C)Oc1ccc(-c2nc(C(=O)Nc3ccc(CCC(=O)O)cc3)cs2)cc1. The first-order valence-electron chi connectivity index (χ1n) is 9.79. The molecular formula is C23H24N2O4S. The lowest BCUT2D eigenvalue weighted by atomic mass is 10.1. The predicted octanol–water partition coefficient (Wildman–Crippen LogP) is 5.26. The number of carbonyl (C=O) groups is 2. The van der Waals surface area contributed by atoms with Crippen LogP contribution in [0.2, 0.25) is 0 Å². The normalized spacial score (nSPS) is 11.7. The van der Waals surface area contributed by atoms with Crippen LogP contribution in [0.4, 0.5) is 5.69 Å². The van der Waals surface area contributed by atoms with Gasteiger partial charge in [-0.1, -0.05) is 19.1 Å². The van der Waals surface area contributed by atoms with E-state index in [0.717, 1.165) is 28.3 Å². The number of anilines is 1. The van der Waals surface area contributed by atoms with Crippen LogP contribution in [-0.2, 0) is 11.2 Å². The first-order chi connectivity index (χ1) is 14.4. The molecular weight excluding hydrogens is 400 g/mol. The molecule has 0 saturated carbocycles. The molecule has 0 bridgehead atoms. The second-order valence-electron chi connectivity index (χ2n) is 6.94. The number of rotatable bonds is 9. The first-order valence-corrected chi connectivity index (χ1v) is 10.7. The summed E-state index contributed by atoms with van der Waals surface area (Å²) in [4.78, 5) is 27.6. The van der Waals surface area contributed by atoms with E-state index in [1.807, 2.05) is 43.3 Å². The van der Waals surface area contributed by atoms with Crippen molar-refractivity contribution in [2.24, 2.45) is 0 Å². The van der Waals surface area contributed by atoms with E-state index < -0.39 is 5.97 Å². The fraction of sp³-hybridized carbons (Fsp3) is 0.261. The molecule has 0 aliphatic rings. The van der Waals surface area contributed by atoms with Crippen molar-refractivity contribution in [1.29, 1.82) is 0 Å². The van der Waals surface area contributed by atoms with Gasteiger partial charge in [0.25, 0.3) is 5.91 Å². The Kier molecular flexibility index (Phi) is 7.19. The van der Waals surface area contributed by atoms with Crippen molar-refractivity contribution in [1.82, 2.24) is 4.98 Å². The summed E-state index contributed by atoms with van der Waals surface area (Å²) < 4.78 is 5.79. The number of carboxylic acid groups (broad SMARTS) is 1. The molecule has 0 spiro atoms. The summed E-state index contributed by atoms with van der Waals surface area (Å²) in [7, 11) is 0. The third kappa shape index (κ3) is 5.90. The zero-order chi connectivity index (χ0) is 21.5. The number of benzene rings is 2. The number of hydrogen-bond donors (Lipinski definition) is 2. The minimum atomic E-state index is -0.829. The average Bonchev–Trinajstić information content (AvgIpc) is 3.24. The fourth-order valence-corrected chi connectivity index (χ4v) is 3.51. The van der Waals surface area contributed by atoms with Crippen molar-refractivity contribution < 1.29 is 19.4 Å². The van der Waals surface area contributed by atoms with E-state index in [2.05, 4.69) is 17.2 Å². The Hall–Kier alpha value is -3.19. The molecule has 1 aromatic heterocycles. The Morgan fingerprint density at radius 2 is 1.83 bits per heavy atom. The molecule has 1 unspecified atom stereocenters. The standard InChI is InChI=1S/C23H24N2O4S/c1-3-15(2)29-19-11-7-17(8-12-19)23-25-20(14-30-23)22(28)24-18-9-4-16(5-10-18)6-13-21(26)27/h4-5,7-12,14-15H,3,6,13H2,1-2H3,(H,24,28)(H,26,27). The van der Waals surface area contributed by atoms with Gasteiger partial charge in [-0.25, -0.2) is 4.98 Å². The van der Waals surface area contributed by atoms with Gasteiger partial charge in [0.2, 0.25) is 0 Å². The van der Waals surface area contributed by atoms with Crippen molar-refractivity contribution in [2.75, 3.05) is 5.32 Å². The van der Waals surface area contributed by atoms with Crippen molar-refractivity contribution in [2.45, 2.75) is 39.2 Å². The third-order valence-corrected chi connectivity index (χ3v) is 5.48. The number of aryl methyl sites for hydroxylation is 1. The second kappa shape index (κ2) is 10.0. The number of carboxylic acids is 1. The van der Waals surface area contributed by atoms with E-state index in [-0.39, 0.29) is 18.4 Å². The van der Waals surface area contributed by atoms with Crippen LogP contribution in [0.25, 0.3) is 10.6 Å². The summed E-state index contributed by atoms with van der Waals surface area (Å²) in [6.07, 6.45) is 1.65. The zero-order valence-electron chi connectivity index (χ0n) is 16.9. The van der Waals surface area contributed by atoms with Crippen LogP contribution in [0.3, 0.4) is 0 Å². The van der Waals surface area contributed by atoms with Crippen LogP contribution in [0.1, 0.15) is 42.7 Å². The molecule has 0 aliphatic heterocycles. The number of thiazole rings is 1.